The standard InChI is InChI=1S/C14H14O4/c1-3-10-18-14-11(8-9-13(15)16)6-5-7-12(14)17-4-2/h1,5-9H,4,10H2,2H3,(H,15,16)/b9-8+. The van der Waals surface area contributed by atoms with Crippen LogP contribution in [0.4, 0.5) is 0 Å². The Labute approximate surface area is 106 Å². The first-order chi connectivity index (χ1) is 8.69. The van der Waals surface area contributed by atoms with Crippen molar-refractivity contribution in [2.24, 2.45) is 0 Å². The molecular formula is C14H14O4. The minimum Gasteiger partial charge on any atom is -0.490 e. The minimum absolute atomic E-state index is 0.0952. The van der Waals surface area contributed by atoms with E-state index in [0.29, 0.717) is 23.7 Å². The van der Waals surface area contributed by atoms with Crippen molar-refractivity contribution in [3.05, 3.63) is 29.8 Å². The molecule has 0 amide bonds. The van der Waals surface area contributed by atoms with Gasteiger partial charge in [0.15, 0.2) is 11.5 Å². The van der Waals surface area contributed by atoms with Crippen LogP contribution in [0, 0.1) is 12.3 Å². The van der Waals surface area contributed by atoms with E-state index in [1.807, 2.05) is 6.92 Å². The summed E-state index contributed by atoms with van der Waals surface area (Å²) >= 11 is 0. The van der Waals surface area contributed by atoms with Gasteiger partial charge >= 0.3 is 5.97 Å². The lowest BCUT2D eigenvalue weighted by Gasteiger charge is -2.12. The highest BCUT2D eigenvalue weighted by Crippen LogP contribution is 2.32. The monoisotopic (exact) mass is 246 g/mol. The van der Waals surface area contributed by atoms with Crippen molar-refractivity contribution >= 4 is 12.0 Å². The van der Waals surface area contributed by atoms with Crippen LogP contribution in [-0.2, 0) is 4.79 Å². The Balaban J connectivity index is 3.10. The fourth-order valence-electron chi connectivity index (χ4n) is 1.36. The summed E-state index contributed by atoms with van der Waals surface area (Å²) in [6.07, 6.45) is 7.62. The number of benzene rings is 1. The Bertz CT molecular complexity index is 483. The molecule has 1 rings (SSSR count). The molecule has 18 heavy (non-hydrogen) atoms. The van der Waals surface area contributed by atoms with Crippen molar-refractivity contribution in [2.45, 2.75) is 6.92 Å². The molecule has 1 aromatic rings. The van der Waals surface area contributed by atoms with Gasteiger partial charge in [0, 0.05) is 11.6 Å². The molecular weight excluding hydrogens is 232 g/mol. The topological polar surface area (TPSA) is 55.8 Å². The van der Waals surface area contributed by atoms with E-state index < -0.39 is 5.97 Å². The van der Waals surface area contributed by atoms with Crippen molar-refractivity contribution in [1.82, 2.24) is 0 Å². The summed E-state index contributed by atoms with van der Waals surface area (Å²) in [6.45, 7) is 2.43. The van der Waals surface area contributed by atoms with Crippen LogP contribution in [0.3, 0.4) is 0 Å². The molecule has 0 aliphatic carbocycles. The first kappa shape index (κ1) is 13.7. The summed E-state index contributed by atoms with van der Waals surface area (Å²) in [5.74, 6) is 2.33. The second-order valence-corrected chi connectivity index (χ2v) is 3.27. The average Bonchev–Trinajstić information content (AvgIpc) is 2.35. The molecule has 0 radical (unpaired) electrons. The Morgan fingerprint density at radius 3 is 2.89 bits per heavy atom. The molecule has 0 unspecified atom stereocenters. The van der Waals surface area contributed by atoms with Crippen LogP contribution in [0.1, 0.15) is 12.5 Å². The second-order valence-electron chi connectivity index (χ2n) is 3.27. The van der Waals surface area contributed by atoms with Crippen LogP contribution in [0.15, 0.2) is 24.3 Å². The van der Waals surface area contributed by atoms with Gasteiger partial charge in [0.05, 0.1) is 6.61 Å². The fraction of sp³-hybridized carbons (Fsp3) is 0.214. The number of rotatable bonds is 6. The van der Waals surface area contributed by atoms with E-state index in [-0.39, 0.29) is 6.61 Å². The third-order valence-electron chi connectivity index (χ3n) is 2.01. The summed E-state index contributed by atoms with van der Waals surface area (Å²) < 4.78 is 10.8. The molecule has 0 atom stereocenters. The molecule has 0 spiro atoms. The SMILES string of the molecule is C#CCOc1c(/C=C/C(=O)O)cccc1OCC. The molecule has 4 nitrogen and oxygen atoms in total. The molecule has 4 heteroatoms. The quantitative estimate of drug-likeness (QED) is 0.617. The predicted molar refractivity (Wildman–Crippen MR) is 68.6 cm³/mol. The van der Waals surface area contributed by atoms with Gasteiger partial charge in [0.1, 0.15) is 6.61 Å². The lowest BCUT2D eigenvalue weighted by atomic mass is 10.1. The van der Waals surface area contributed by atoms with Crippen molar-refractivity contribution < 1.29 is 19.4 Å². The first-order valence-electron chi connectivity index (χ1n) is 5.42. The Morgan fingerprint density at radius 2 is 2.28 bits per heavy atom. The maximum absolute atomic E-state index is 10.5. The van der Waals surface area contributed by atoms with Gasteiger partial charge in [-0.15, -0.1) is 6.42 Å². The van der Waals surface area contributed by atoms with E-state index >= 15 is 0 Å². The molecule has 1 N–H and O–H groups in total. The van der Waals surface area contributed by atoms with Gasteiger partial charge in [0.2, 0.25) is 0 Å². The number of ether oxygens (including phenoxy) is 2. The number of carboxylic acid groups (broad SMARTS) is 1. The van der Waals surface area contributed by atoms with E-state index in [0.717, 1.165) is 6.08 Å². The van der Waals surface area contributed by atoms with Crippen LogP contribution in [0.5, 0.6) is 11.5 Å². The largest absolute Gasteiger partial charge is 0.490 e. The predicted octanol–water partition coefficient (Wildman–Crippen LogP) is 2.20. The van der Waals surface area contributed by atoms with Crippen LogP contribution in [0.2, 0.25) is 0 Å². The number of aliphatic carboxylic acids is 1. The first-order valence-corrected chi connectivity index (χ1v) is 5.42. The highest BCUT2D eigenvalue weighted by atomic mass is 16.5. The molecule has 0 aromatic heterocycles. The second kappa shape index (κ2) is 7.02. The number of hydrogen-bond donors (Lipinski definition) is 1. The third-order valence-corrected chi connectivity index (χ3v) is 2.01. The van der Waals surface area contributed by atoms with Gasteiger partial charge in [-0.25, -0.2) is 4.79 Å². The van der Waals surface area contributed by atoms with E-state index in [9.17, 15) is 4.79 Å². The van der Waals surface area contributed by atoms with Crippen molar-refractivity contribution in [3.8, 4) is 23.8 Å². The minimum atomic E-state index is -1.03. The van der Waals surface area contributed by atoms with Crippen molar-refractivity contribution in [1.29, 1.82) is 0 Å². The molecule has 0 heterocycles. The number of carboxylic acids is 1. The Hall–Kier alpha value is -2.41. The maximum atomic E-state index is 10.5. The van der Waals surface area contributed by atoms with Gasteiger partial charge in [-0.05, 0) is 19.1 Å². The van der Waals surface area contributed by atoms with Crippen LogP contribution >= 0.6 is 0 Å². The molecule has 94 valence electrons. The molecule has 0 bridgehead atoms. The van der Waals surface area contributed by atoms with E-state index in [2.05, 4.69) is 5.92 Å². The van der Waals surface area contributed by atoms with Crippen molar-refractivity contribution in [2.75, 3.05) is 13.2 Å². The summed E-state index contributed by atoms with van der Waals surface area (Å²) in [6, 6.07) is 5.23. The van der Waals surface area contributed by atoms with Crippen LogP contribution < -0.4 is 9.47 Å². The summed E-state index contributed by atoms with van der Waals surface area (Å²) in [4.78, 5) is 10.5. The maximum Gasteiger partial charge on any atom is 0.328 e. The number of terminal acetylenes is 1. The third kappa shape index (κ3) is 3.87. The Morgan fingerprint density at radius 1 is 1.50 bits per heavy atom. The lowest BCUT2D eigenvalue weighted by molar-refractivity contribution is -0.131. The van der Waals surface area contributed by atoms with Gasteiger partial charge in [-0.3, -0.25) is 0 Å². The van der Waals surface area contributed by atoms with Gasteiger partial charge in [0.25, 0.3) is 0 Å². The lowest BCUT2D eigenvalue weighted by Crippen LogP contribution is -2.01. The summed E-state index contributed by atoms with van der Waals surface area (Å²) in [5, 5.41) is 8.62. The van der Waals surface area contributed by atoms with E-state index in [4.69, 9.17) is 21.0 Å². The van der Waals surface area contributed by atoms with Crippen LogP contribution in [-0.4, -0.2) is 24.3 Å². The van der Waals surface area contributed by atoms with Gasteiger partial charge in [-0.2, -0.15) is 0 Å². The molecule has 0 saturated carbocycles. The molecule has 0 saturated heterocycles. The normalized spacial score (nSPS) is 10.0. The van der Waals surface area contributed by atoms with Crippen LogP contribution in [0.25, 0.3) is 6.08 Å². The summed E-state index contributed by atoms with van der Waals surface area (Å²) in [7, 11) is 0. The smallest absolute Gasteiger partial charge is 0.328 e. The fourth-order valence-corrected chi connectivity index (χ4v) is 1.36. The zero-order valence-corrected chi connectivity index (χ0v) is 10.1. The van der Waals surface area contributed by atoms with E-state index in [1.54, 1.807) is 18.2 Å². The highest BCUT2D eigenvalue weighted by Gasteiger charge is 2.08. The average molecular weight is 246 g/mol. The molecule has 0 aliphatic heterocycles. The Kier molecular flexibility index (Phi) is 5.33. The van der Waals surface area contributed by atoms with Gasteiger partial charge in [-0.1, -0.05) is 18.1 Å². The number of hydrogen-bond acceptors (Lipinski definition) is 3. The van der Waals surface area contributed by atoms with Gasteiger partial charge < -0.3 is 14.6 Å². The number of carbonyl (C=O) groups is 1. The molecule has 1 aromatic carbocycles. The number of para-hydroxylation sites is 1. The summed E-state index contributed by atoms with van der Waals surface area (Å²) in [5.41, 5.74) is 0.610. The van der Waals surface area contributed by atoms with Crippen molar-refractivity contribution in [3.63, 3.8) is 0 Å². The zero-order chi connectivity index (χ0) is 13.4. The van der Waals surface area contributed by atoms with E-state index in [1.165, 1.54) is 6.08 Å². The molecule has 0 aliphatic rings. The molecule has 0 fully saturated rings. The zero-order valence-electron chi connectivity index (χ0n) is 10.1. The highest BCUT2D eigenvalue weighted by molar-refractivity contribution is 5.86.